The highest BCUT2D eigenvalue weighted by molar-refractivity contribution is 7.10. The molecule has 0 fully saturated rings. The Hall–Kier alpha value is -2.79. The summed E-state index contributed by atoms with van der Waals surface area (Å²) in [4.78, 5) is 34.2. The van der Waals surface area contributed by atoms with Crippen LogP contribution < -0.4 is 0 Å². The lowest BCUT2D eigenvalue weighted by Crippen LogP contribution is -2.42. The maximum absolute atomic E-state index is 10.3. The zero-order valence-corrected chi connectivity index (χ0v) is 18.8. The zero-order valence-electron chi connectivity index (χ0n) is 18.0. The van der Waals surface area contributed by atoms with Gasteiger partial charge in [-0.15, -0.1) is 11.3 Å². The van der Waals surface area contributed by atoms with Gasteiger partial charge in [0.15, 0.2) is 5.60 Å². The first-order valence-corrected chi connectivity index (χ1v) is 10.7. The summed E-state index contributed by atoms with van der Waals surface area (Å²) in [6.45, 7) is 6.48. The average molecular weight is 468 g/mol. The van der Waals surface area contributed by atoms with Crippen molar-refractivity contribution in [2.24, 2.45) is 0 Å². The fourth-order valence-corrected chi connectivity index (χ4v) is 3.83. The Morgan fingerprint density at radius 1 is 1.00 bits per heavy atom. The van der Waals surface area contributed by atoms with E-state index >= 15 is 0 Å². The second kappa shape index (κ2) is 12.9. The van der Waals surface area contributed by atoms with Crippen LogP contribution in [0.15, 0.2) is 41.8 Å². The third-order valence-corrected chi connectivity index (χ3v) is 5.40. The van der Waals surface area contributed by atoms with Crippen molar-refractivity contribution in [1.29, 1.82) is 0 Å². The van der Waals surface area contributed by atoms with E-state index in [1.54, 1.807) is 11.3 Å². The number of carboxylic acids is 3. The summed E-state index contributed by atoms with van der Waals surface area (Å²) in [5.41, 5.74) is -0.108. The fourth-order valence-electron chi connectivity index (χ4n) is 2.88. The first-order chi connectivity index (χ1) is 14.9. The van der Waals surface area contributed by atoms with Gasteiger partial charge in [0, 0.05) is 24.5 Å². The Balaban J connectivity index is 0.000000347. The Kier molecular flexibility index (Phi) is 11.0. The third-order valence-electron chi connectivity index (χ3n) is 4.39. The average Bonchev–Trinajstić information content (AvgIpc) is 3.05. The molecular formula is C22H29NO8S. The Labute approximate surface area is 190 Å². The maximum atomic E-state index is 10.3. The topological polar surface area (TPSA) is 156 Å². The van der Waals surface area contributed by atoms with Crippen LogP contribution in [-0.4, -0.2) is 66.6 Å². The summed E-state index contributed by atoms with van der Waals surface area (Å²) >= 11 is 1.79. The van der Waals surface area contributed by atoms with Crippen molar-refractivity contribution < 1.29 is 39.9 Å². The lowest BCUT2D eigenvalue weighted by atomic mass is 9.96. The molecule has 0 saturated heterocycles. The van der Waals surface area contributed by atoms with Crippen LogP contribution in [0.3, 0.4) is 0 Å². The normalized spacial score (nSPS) is 12.0. The summed E-state index contributed by atoms with van der Waals surface area (Å²) in [7, 11) is 0. The minimum absolute atomic E-state index is 0.302. The first-order valence-electron chi connectivity index (χ1n) is 9.79. The number of aliphatic carboxylic acids is 3. The number of carbonyl (C=O) groups is 3. The lowest BCUT2D eigenvalue weighted by molar-refractivity contribution is -0.170. The van der Waals surface area contributed by atoms with Crippen LogP contribution in [0.5, 0.6) is 0 Å². The Morgan fingerprint density at radius 3 is 1.97 bits per heavy atom. The molecule has 0 aliphatic heterocycles. The number of thiophene rings is 1. The largest absolute Gasteiger partial charge is 0.481 e. The second-order valence-electron chi connectivity index (χ2n) is 7.51. The summed E-state index contributed by atoms with van der Waals surface area (Å²) < 4.78 is 0. The van der Waals surface area contributed by atoms with Gasteiger partial charge < -0.3 is 25.5 Å². The van der Waals surface area contributed by atoms with Crippen LogP contribution in [0.25, 0.3) is 0 Å². The molecule has 1 heterocycles. The van der Waals surface area contributed by atoms with Crippen molar-refractivity contribution in [2.75, 3.05) is 6.54 Å². The van der Waals surface area contributed by atoms with E-state index in [2.05, 4.69) is 47.5 Å². The van der Waals surface area contributed by atoms with Crippen LogP contribution in [0.2, 0.25) is 0 Å². The Morgan fingerprint density at radius 2 is 1.56 bits per heavy atom. The molecule has 176 valence electrons. The van der Waals surface area contributed by atoms with Gasteiger partial charge in [-0.1, -0.05) is 30.3 Å². The van der Waals surface area contributed by atoms with Gasteiger partial charge in [-0.25, -0.2) is 4.79 Å². The quantitative estimate of drug-likeness (QED) is 0.334. The molecular weight excluding hydrogens is 438 g/mol. The molecule has 0 aliphatic rings. The van der Waals surface area contributed by atoms with E-state index in [0.717, 1.165) is 13.1 Å². The molecule has 0 bridgehead atoms. The number of aliphatic hydroxyl groups excluding tert-OH is 1. The van der Waals surface area contributed by atoms with Gasteiger partial charge >= 0.3 is 17.9 Å². The van der Waals surface area contributed by atoms with Crippen LogP contribution in [-0.2, 0) is 27.5 Å². The van der Waals surface area contributed by atoms with Gasteiger partial charge in [-0.3, -0.25) is 14.5 Å². The van der Waals surface area contributed by atoms with Gasteiger partial charge in [-0.2, -0.15) is 0 Å². The van der Waals surface area contributed by atoms with E-state index in [9.17, 15) is 19.5 Å². The molecule has 0 aliphatic carbocycles. The van der Waals surface area contributed by atoms with Gasteiger partial charge in [0.1, 0.15) is 0 Å². The predicted molar refractivity (Wildman–Crippen MR) is 118 cm³/mol. The first kappa shape index (κ1) is 27.2. The molecule has 5 N–H and O–H groups in total. The van der Waals surface area contributed by atoms with Crippen LogP contribution in [0, 0.1) is 6.92 Å². The minimum atomic E-state index is -2.74. The van der Waals surface area contributed by atoms with Crippen LogP contribution in [0.4, 0.5) is 0 Å². The highest BCUT2D eigenvalue weighted by atomic mass is 32.1. The number of nitrogens with zero attached hydrogens (tertiary/aromatic N) is 1. The van der Waals surface area contributed by atoms with E-state index in [4.69, 9.17) is 20.4 Å². The predicted octanol–water partition coefficient (Wildman–Crippen LogP) is 2.19. The van der Waals surface area contributed by atoms with Crippen molar-refractivity contribution in [3.8, 4) is 0 Å². The monoisotopic (exact) mass is 467 g/mol. The highest BCUT2D eigenvalue weighted by Gasteiger charge is 2.40. The van der Waals surface area contributed by atoms with Crippen molar-refractivity contribution in [3.05, 3.63) is 57.8 Å². The van der Waals surface area contributed by atoms with E-state index in [0.29, 0.717) is 6.54 Å². The lowest BCUT2D eigenvalue weighted by Gasteiger charge is -2.23. The Bertz CT molecular complexity index is 865. The third kappa shape index (κ3) is 10.0. The number of carboxylic acid groups (broad SMARTS) is 3. The number of benzene rings is 1. The van der Waals surface area contributed by atoms with Crippen molar-refractivity contribution in [1.82, 2.24) is 4.90 Å². The molecule has 32 heavy (non-hydrogen) atoms. The number of aliphatic hydroxyl groups is 2. The molecule has 0 amide bonds. The zero-order chi connectivity index (χ0) is 24.3. The fraction of sp³-hybridized carbons (Fsp3) is 0.409. The standard InChI is InChI=1S/C16H21NOS.C6H8O7/c1-13-8-9-19-16(13)12-17(10-14(2)18)11-15-6-4-3-5-7-15;7-3(8)1-6(13,5(11)12)2-4(9)10/h3-9,14,18H,10-12H2,1-2H3;13H,1-2H2,(H,7,8)(H,9,10)(H,11,12). The smallest absolute Gasteiger partial charge is 0.336 e. The molecule has 0 saturated carbocycles. The summed E-state index contributed by atoms with van der Waals surface area (Å²) in [5, 5.41) is 45.6. The van der Waals surface area contributed by atoms with Crippen molar-refractivity contribution >= 4 is 29.2 Å². The summed E-state index contributed by atoms with van der Waals surface area (Å²) in [6.07, 6.45) is -2.59. The summed E-state index contributed by atoms with van der Waals surface area (Å²) in [5.74, 6) is -5.02. The van der Waals surface area contributed by atoms with Gasteiger partial charge in [-0.05, 0) is 36.4 Å². The maximum Gasteiger partial charge on any atom is 0.336 e. The highest BCUT2D eigenvalue weighted by Crippen LogP contribution is 2.19. The minimum Gasteiger partial charge on any atom is -0.481 e. The molecule has 10 heteroatoms. The van der Waals surface area contributed by atoms with Crippen molar-refractivity contribution in [2.45, 2.75) is 51.5 Å². The van der Waals surface area contributed by atoms with Crippen molar-refractivity contribution in [3.63, 3.8) is 0 Å². The van der Waals surface area contributed by atoms with Crippen LogP contribution >= 0.6 is 11.3 Å². The number of hydrogen-bond acceptors (Lipinski definition) is 7. The summed E-state index contributed by atoms with van der Waals surface area (Å²) in [6, 6.07) is 12.6. The van der Waals surface area contributed by atoms with Gasteiger partial charge in [0.05, 0.1) is 18.9 Å². The molecule has 2 rings (SSSR count). The molecule has 1 atom stereocenters. The van der Waals surface area contributed by atoms with Gasteiger partial charge in [0.25, 0.3) is 0 Å². The number of rotatable bonds is 11. The van der Waals surface area contributed by atoms with E-state index in [1.165, 1.54) is 16.0 Å². The second-order valence-corrected chi connectivity index (χ2v) is 8.51. The molecule has 1 aromatic carbocycles. The molecule has 1 unspecified atom stereocenters. The molecule has 0 spiro atoms. The molecule has 9 nitrogen and oxygen atoms in total. The van der Waals surface area contributed by atoms with E-state index in [1.807, 2.05) is 13.0 Å². The number of aryl methyl sites for hydroxylation is 1. The van der Waals surface area contributed by atoms with Gasteiger partial charge in [0.2, 0.25) is 0 Å². The van der Waals surface area contributed by atoms with Crippen LogP contribution in [0.1, 0.15) is 35.8 Å². The molecule has 2 aromatic rings. The van der Waals surface area contributed by atoms with E-state index in [-0.39, 0.29) is 6.10 Å². The molecule has 1 aromatic heterocycles. The SMILES string of the molecule is Cc1ccsc1CN(Cc1ccccc1)CC(C)O.O=C(O)CC(O)(CC(=O)O)C(=O)O. The molecule has 0 radical (unpaired) electrons. The van der Waals surface area contributed by atoms with E-state index < -0.39 is 36.4 Å². The number of hydrogen-bond donors (Lipinski definition) is 5.